The predicted molar refractivity (Wildman–Crippen MR) is 79.3 cm³/mol. The minimum Gasteiger partial charge on any atom is -0.384 e. The Morgan fingerprint density at radius 2 is 1.70 bits per heavy atom. The second-order valence-corrected chi connectivity index (χ2v) is 6.20. The van der Waals surface area contributed by atoms with E-state index in [-0.39, 0.29) is 11.5 Å². The largest absolute Gasteiger partial charge is 0.384 e. The number of hydrogen-bond donors (Lipinski definition) is 0. The molecule has 0 aliphatic carbocycles. The standard InChI is InChI=1S/C16H32O4/c1-6-8-10-15(3)12-14(13-17-4)16(18-5,20-19-15)11-9-7-2/h14H,6-13H2,1-5H3/t14-,15+,16+/m1/s1. The molecular formula is C16H32O4. The van der Waals surface area contributed by atoms with Gasteiger partial charge < -0.3 is 9.47 Å². The lowest BCUT2D eigenvalue weighted by Crippen LogP contribution is -2.54. The van der Waals surface area contributed by atoms with Gasteiger partial charge in [-0.05, 0) is 26.2 Å². The zero-order chi connectivity index (χ0) is 15.1. The van der Waals surface area contributed by atoms with Crippen LogP contribution in [0.15, 0.2) is 0 Å². The molecule has 0 saturated carbocycles. The van der Waals surface area contributed by atoms with Gasteiger partial charge in [-0.2, -0.15) is 0 Å². The molecule has 0 aromatic carbocycles. The van der Waals surface area contributed by atoms with Crippen molar-refractivity contribution in [3.8, 4) is 0 Å². The second kappa shape index (κ2) is 8.32. The molecule has 1 aliphatic rings. The average molecular weight is 288 g/mol. The third-order valence-electron chi connectivity index (χ3n) is 4.34. The second-order valence-electron chi connectivity index (χ2n) is 6.20. The number of rotatable bonds is 9. The molecule has 0 N–H and O–H groups in total. The first-order valence-electron chi connectivity index (χ1n) is 7.96. The Balaban J connectivity index is 2.77. The predicted octanol–water partition coefficient (Wildman–Crippen LogP) is 4.08. The number of methoxy groups -OCH3 is 2. The SMILES string of the molecule is CCCC[C@@]1(C)C[C@H](COC)[C@@](CCCC)(OC)OO1. The highest BCUT2D eigenvalue weighted by atomic mass is 17.2. The van der Waals surface area contributed by atoms with Crippen molar-refractivity contribution < 1.29 is 19.2 Å². The minimum atomic E-state index is -0.655. The first-order valence-corrected chi connectivity index (χ1v) is 7.96. The smallest absolute Gasteiger partial charge is 0.206 e. The topological polar surface area (TPSA) is 36.9 Å². The highest BCUT2D eigenvalue weighted by Crippen LogP contribution is 2.43. The van der Waals surface area contributed by atoms with Gasteiger partial charge in [0.15, 0.2) is 0 Å². The van der Waals surface area contributed by atoms with Gasteiger partial charge in [-0.3, -0.25) is 0 Å². The van der Waals surface area contributed by atoms with Crippen LogP contribution in [0.5, 0.6) is 0 Å². The molecular weight excluding hydrogens is 256 g/mol. The van der Waals surface area contributed by atoms with E-state index in [4.69, 9.17) is 19.2 Å². The summed E-state index contributed by atoms with van der Waals surface area (Å²) in [4.78, 5) is 11.6. The number of hydrogen-bond acceptors (Lipinski definition) is 4. The third-order valence-corrected chi connectivity index (χ3v) is 4.34. The molecule has 20 heavy (non-hydrogen) atoms. The first-order chi connectivity index (χ1) is 9.55. The zero-order valence-corrected chi connectivity index (χ0v) is 13.9. The van der Waals surface area contributed by atoms with Gasteiger partial charge in [0, 0.05) is 26.6 Å². The Morgan fingerprint density at radius 3 is 2.25 bits per heavy atom. The van der Waals surface area contributed by atoms with Gasteiger partial charge in [0.25, 0.3) is 0 Å². The van der Waals surface area contributed by atoms with Crippen LogP contribution in [-0.2, 0) is 19.2 Å². The van der Waals surface area contributed by atoms with Gasteiger partial charge in [0.05, 0.1) is 6.61 Å². The van der Waals surface area contributed by atoms with Crippen LogP contribution in [0, 0.1) is 5.92 Å². The molecule has 0 amide bonds. The van der Waals surface area contributed by atoms with Crippen molar-refractivity contribution in [2.75, 3.05) is 20.8 Å². The van der Waals surface area contributed by atoms with Crippen molar-refractivity contribution in [3.05, 3.63) is 0 Å². The van der Waals surface area contributed by atoms with Gasteiger partial charge in [0.1, 0.15) is 5.60 Å². The first kappa shape index (κ1) is 17.9. The molecule has 1 rings (SSSR count). The van der Waals surface area contributed by atoms with Crippen molar-refractivity contribution in [2.24, 2.45) is 5.92 Å². The minimum absolute atomic E-state index is 0.208. The molecule has 0 bridgehead atoms. The van der Waals surface area contributed by atoms with E-state index in [1.165, 1.54) is 6.42 Å². The van der Waals surface area contributed by atoms with Crippen molar-refractivity contribution >= 4 is 0 Å². The Bertz CT molecular complexity index is 271. The Labute approximate surface area is 124 Å². The Hall–Kier alpha value is -0.160. The fraction of sp³-hybridized carbons (Fsp3) is 1.00. The summed E-state index contributed by atoms with van der Waals surface area (Å²) in [5.74, 6) is -0.447. The van der Waals surface area contributed by atoms with Gasteiger partial charge in [-0.15, -0.1) is 0 Å². The summed E-state index contributed by atoms with van der Waals surface area (Å²) in [5, 5.41) is 0. The van der Waals surface area contributed by atoms with Crippen molar-refractivity contribution in [1.29, 1.82) is 0 Å². The van der Waals surface area contributed by atoms with Crippen LogP contribution in [-0.4, -0.2) is 32.2 Å². The van der Waals surface area contributed by atoms with E-state index in [0.29, 0.717) is 6.61 Å². The van der Waals surface area contributed by atoms with Gasteiger partial charge >= 0.3 is 0 Å². The lowest BCUT2D eigenvalue weighted by atomic mass is 9.81. The van der Waals surface area contributed by atoms with E-state index in [2.05, 4.69) is 20.8 Å². The van der Waals surface area contributed by atoms with Gasteiger partial charge in [-0.1, -0.05) is 33.1 Å². The highest BCUT2D eigenvalue weighted by molar-refractivity contribution is 4.89. The molecule has 0 spiro atoms. The van der Waals surface area contributed by atoms with Gasteiger partial charge in [-0.25, -0.2) is 9.78 Å². The Kier molecular flexibility index (Phi) is 7.45. The number of unbranched alkanes of at least 4 members (excludes halogenated alkanes) is 2. The van der Waals surface area contributed by atoms with Crippen LogP contribution < -0.4 is 0 Å². The fourth-order valence-corrected chi connectivity index (χ4v) is 3.00. The van der Waals surface area contributed by atoms with Crippen LogP contribution in [0.25, 0.3) is 0 Å². The molecule has 4 nitrogen and oxygen atoms in total. The van der Waals surface area contributed by atoms with Crippen LogP contribution >= 0.6 is 0 Å². The summed E-state index contributed by atoms with van der Waals surface area (Å²) >= 11 is 0. The van der Waals surface area contributed by atoms with Crippen LogP contribution in [0.4, 0.5) is 0 Å². The molecule has 4 heteroatoms. The third kappa shape index (κ3) is 4.42. The molecule has 1 aliphatic heterocycles. The maximum absolute atomic E-state index is 5.79. The van der Waals surface area contributed by atoms with E-state index >= 15 is 0 Å². The quantitative estimate of drug-likeness (QED) is 0.599. The molecule has 0 radical (unpaired) electrons. The van der Waals surface area contributed by atoms with Crippen molar-refractivity contribution in [2.45, 2.75) is 77.1 Å². The highest BCUT2D eigenvalue weighted by Gasteiger charge is 2.50. The molecule has 1 fully saturated rings. The summed E-state index contributed by atoms with van der Waals surface area (Å²) < 4.78 is 11.1. The maximum atomic E-state index is 5.79. The van der Waals surface area contributed by atoms with E-state index in [1.54, 1.807) is 14.2 Å². The van der Waals surface area contributed by atoms with E-state index in [9.17, 15) is 0 Å². The molecule has 0 aromatic heterocycles. The van der Waals surface area contributed by atoms with E-state index in [0.717, 1.165) is 38.5 Å². The molecule has 0 unspecified atom stereocenters. The van der Waals surface area contributed by atoms with Crippen LogP contribution in [0.1, 0.15) is 65.7 Å². The lowest BCUT2D eigenvalue weighted by molar-refractivity contribution is -0.505. The summed E-state index contributed by atoms with van der Waals surface area (Å²) in [7, 11) is 3.44. The fourth-order valence-electron chi connectivity index (χ4n) is 3.00. The average Bonchev–Trinajstić information content (AvgIpc) is 2.46. The summed E-state index contributed by atoms with van der Waals surface area (Å²) in [5.41, 5.74) is -0.229. The molecule has 120 valence electrons. The molecule has 1 saturated heterocycles. The summed E-state index contributed by atoms with van der Waals surface area (Å²) in [6, 6.07) is 0. The normalized spacial score (nSPS) is 34.4. The summed E-state index contributed by atoms with van der Waals surface area (Å²) in [6.07, 6.45) is 7.26. The summed E-state index contributed by atoms with van der Waals surface area (Å²) in [6.45, 7) is 7.14. The van der Waals surface area contributed by atoms with E-state index < -0.39 is 5.79 Å². The van der Waals surface area contributed by atoms with Crippen LogP contribution in [0.2, 0.25) is 0 Å². The molecule has 1 heterocycles. The van der Waals surface area contributed by atoms with Crippen molar-refractivity contribution in [1.82, 2.24) is 0 Å². The number of ether oxygens (including phenoxy) is 2. The zero-order valence-electron chi connectivity index (χ0n) is 13.9. The van der Waals surface area contributed by atoms with E-state index in [1.807, 2.05) is 0 Å². The Morgan fingerprint density at radius 1 is 1.05 bits per heavy atom. The monoisotopic (exact) mass is 288 g/mol. The molecule has 0 aromatic rings. The van der Waals surface area contributed by atoms with Crippen molar-refractivity contribution in [3.63, 3.8) is 0 Å². The van der Waals surface area contributed by atoms with Gasteiger partial charge in [0.2, 0.25) is 5.79 Å². The van der Waals surface area contributed by atoms with Crippen LogP contribution in [0.3, 0.4) is 0 Å². The molecule has 3 atom stereocenters. The maximum Gasteiger partial charge on any atom is 0.206 e. The lowest BCUT2D eigenvalue weighted by Gasteiger charge is -2.47.